The third-order valence-corrected chi connectivity index (χ3v) is 4.54. The zero-order chi connectivity index (χ0) is 18.0. The van der Waals surface area contributed by atoms with Gasteiger partial charge in [-0.3, -0.25) is 4.79 Å². The Morgan fingerprint density at radius 1 is 1.23 bits per heavy atom. The number of carbonyl (C=O) groups excluding carboxylic acids is 1. The van der Waals surface area contributed by atoms with Crippen LogP contribution in [0.2, 0.25) is 0 Å². The molecule has 26 heavy (non-hydrogen) atoms. The molecule has 0 radical (unpaired) electrons. The molecule has 1 aromatic heterocycles. The molecule has 1 aliphatic rings. The van der Waals surface area contributed by atoms with Gasteiger partial charge in [-0.2, -0.15) is 0 Å². The number of hydrogen-bond acceptors (Lipinski definition) is 5. The topological polar surface area (TPSA) is 81.1 Å². The summed E-state index contributed by atoms with van der Waals surface area (Å²) in [6.45, 7) is 3.91. The lowest BCUT2D eigenvalue weighted by Gasteiger charge is -2.22. The van der Waals surface area contributed by atoms with E-state index in [1.54, 1.807) is 6.20 Å². The fraction of sp³-hybridized carbons (Fsp3) is 0.526. The molecule has 7 nitrogen and oxygen atoms in total. The summed E-state index contributed by atoms with van der Waals surface area (Å²) in [4.78, 5) is 12.1. The van der Waals surface area contributed by atoms with E-state index in [1.165, 1.54) is 5.56 Å². The van der Waals surface area contributed by atoms with Gasteiger partial charge in [-0.25, -0.2) is 4.68 Å². The van der Waals surface area contributed by atoms with E-state index in [9.17, 15) is 4.79 Å². The molecule has 140 valence electrons. The van der Waals surface area contributed by atoms with Crippen molar-refractivity contribution in [2.75, 3.05) is 26.2 Å². The number of nitrogens with one attached hydrogen (secondary N) is 2. The number of hydrogen-bond donors (Lipinski definition) is 2. The Bertz CT molecular complexity index is 668. The second-order valence-electron chi connectivity index (χ2n) is 6.57. The fourth-order valence-corrected chi connectivity index (χ4v) is 3.02. The molecule has 0 atom stereocenters. The third kappa shape index (κ3) is 5.64. The molecule has 3 rings (SSSR count). The van der Waals surface area contributed by atoms with E-state index < -0.39 is 0 Å². The van der Waals surface area contributed by atoms with Crippen LogP contribution < -0.4 is 10.6 Å². The van der Waals surface area contributed by atoms with Crippen LogP contribution >= 0.6 is 0 Å². The molecule has 0 saturated carbocycles. The quantitative estimate of drug-likeness (QED) is 0.670. The third-order valence-electron chi connectivity index (χ3n) is 4.54. The van der Waals surface area contributed by atoms with Crippen molar-refractivity contribution >= 4 is 5.91 Å². The van der Waals surface area contributed by atoms with Crippen molar-refractivity contribution in [3.05, 3.63) is 47.8 Å². The molecule has 1 aromatic carbocycles. The zero-order valence-corrected chi connectivity index (χ0v) is 15.1. The second kappa shape index (κ2) is 10.0. The van der Waals surface area contributed by atoms with Gasteiger partial charge in [-0.05, 0) is 44.3 Å². The number of piperidine rings is 1. The van der Waals surface area contributed by atoms with E-state index in [0.717, 1.165) is 38.8 Å². The molecule has 0 unspecified atom stereocenters. The molecule has 1 aliphatic heterocycles. The average Bonchev–Trinajstić information content (AvgIpc) is 3.19. The van der Waals surface area contributed by atoms with Crippen molar-refractivity contribution in [3.63, 3.8) is 0 Å². The molecule has 1 amide bonds. The number of benzene rings is 1. The minimum Gasteiger partial charge on any atom is -0.377 e. The minimum atomic E-state index is -0.157. The Morgan fingerprint density at radius 3 is 2.85 bits per heavy atom. The number of ether oxygens (including phenoxy) is 1. The summed E-state index contributed by atoms with van der Waals surface area (Å²) in [5, 5.41) is 14.3. The van der Waals surface area contributed by atoms with Crippen molar-refractivity contribution < 1.29 is 9.53 Å². The van der Waals surface area contributed by atoms with Gasteiger partial charge < -0.3 is 15.4 Å². The van der Waals surface area contributed by atoms with Crippen LogP contribution in [0.3, 0.4) is 0 Å². The molecule has 0 bridgehead atoms. The van der Waals surface area contributed by atoms with Gasteiger partial charge in [0.25, 0.3) is 5.91 Å². The van der Waals surface area contributed by atoms with Crippen molar-refractivity contribution in [2.45, 2.75) is 38.3 Å². The highest BCUT2D eigenvalue weighted by molar-refractivity contribution is 5.91. The summed E-state index contributed by atoms with van der Waals surface area (Å²) in [6, 6.07) is 10.5. The normalized spacial score (nSPS) is 15.1. The molecule has 1 saturated heterocycles. The molecule has 7 heteroatoms. The van der Waals surface area contributed by atoms with Crippen LogP contribution in [-0.4, -0.2) is 47.1 Å². The molecule has 2 aromatic rings. The molecule has 2 N–H and O–H groups in total. The Labute approximate surface area is 154 Å². The monoisotopic (exact) mass is 357 g/mol. The highest BCUT2D eigenvalue weighted by Crippen LogP contribution is 2.16. The zero-order valence-electron chi connectivity index (χ0n) is 15.1. The first-order valence-corrected chi connectivity index (χ1v) is 9.35. The Kier molecular flexibility index (Phi) is 7.15. The molecule has 0 spiro atoms. The number of amides is 1. The number of carbonyl (C=O) groups is 1. The Morgan fingerprint density at radius 2 is 2.04 bits per heavy atom. The molecule has 2 heterocycles. The first kappa shape index (κ1) is 18.5. The summed E-state index contributed by atoms with van der Waals surface area (Å²) in [6.07, 6.45) is 5.59. The van der Waals surface area contributed by atoms with Crippen molar-refractivity contribution in [3.8, 4) is 0 Å². The Balaban J connectivity index is 1.29. The summed E-state index contributed by atoms with van der Waals surface area (Å²) in [5.74, 6) is -0.157. The van der Waals surface area contributed by atoms with Crippen LogP contribution in [0.5, 0.6) is 0 Å². The predicted octanol–water partition coefficient (Wildman–Crippen LogP) is 1.93. The van der Waals surface area contributed by atoms with Gasteiger partial charge in [0.15, 0.2) is 5.69 Å². The number of aromatic nitrogens is 3. The molecular formula is C19H27N5O2. The van der Waals surface area contributed by atoms with Crippen molar-refractivity contribution in [1.29, 1.82) is 0 Å². The van der Waals surface area contributed by atoms with Crippen LogP contribution in [0.1, 0.15) is 47.8 Å². The summed E-state index contributed by atoms with van der Waals surface area (Å²) in [5.41, 5.74) is 1.57. The van der Waals surface area contributed by atoms with Gasteiger partial charge in [0.05, 0.1) is 18.8 Å². The lowest BCUT2D eigenvalue weighted by Crippen LogP contribution is -2.29. The SMILES string of the molecule is O=C(NCCCCOCc1ccccc1)c1cn(C2CCNCC2)nn1. The number of nitrogens with zero attached hydrogens (tertiary/aromatic N) is 3. The van der Waals surface area contributed by atoms with E-state index in [4.69, 9.17) is 4.74 Å². The standard InChI is InChI=1S/C19H27N5O2/c25-19(18-14-24(23-22-18)17-8-11-20-12-9-17)21-10-4-5-13-26-15-16-6-2-1-3-7-16/h1-3,6-7,14,17,20H,4-5,8-13,15H2,(H,21,25). The molecule has 0 aliphatic carbocycles. The van der Waals surface area contributed by atoms with Gasteiger partial charge in [0.2, 0.25) is 0 Å². The van der Waals surface area contributed by atoms with Crippen LogP contribution in [0.15, 0.2) is 36.5 Å². The summed E-state index contributed by atoms with van der Waals surface area (Å²) in [7, 11) is 0. The molecular weight excluding hydrogens is 330 g/mol. The summed E-state index contributed by atoms with van der Waals surface area (Å²) < 4.78 is 7.46. The van der Waals surface area contributed by atoms with E-state index in [0.29, 0.717) is 31.5 Å². The first-order chi connectivity index (χ1) is 12.8. The molecule has 1 fully saturated rings. The van der Waals surface area contributed by atoms with Gasteiger partial charge in [0.1, 0.15) is 0 Å². The van der Waals surface area contributed by atoms with E-state index in [-0.39, 0.29) is 5.91 Å². The van der Waals surface area contributed by atoms with Crippen molar-refractivity contribution in [1.82, 2.24) is 25.6 Å². The highest BCUT2D eigenvalue weighted by atomic mass is 16.5. The first-order valence-electron chi connectivity index (χ1n) is 9.35. The van der Waals surface area contributed by atoms with Crippen LogP contribution in [0.25, 0.3) is 0 Å². The van der Waals surface area contributed by atoms with Gasteiger partial charge in [-0.15, -0.1) is 5.10 Å². The lowest BCUT2D eigenvalue weighted by molar-refractivity contribution is 0.0941. The van der Waals surface area contributed by atoms with Gasteiger partial charge in [-0.1, -0.05) is 35.5 Å². The highest BCUT2D eigenvalue weighted by Gasteiger charge is 2.18. The second-order valence-corrected chi connectivity index (χ2v) is 6.57. The van der Waals surface area contributed by atoms with Crippen molar-refractivity contribution in [2.24, 2.45) is 0 Å². The van der Waals surface area contributed by atoms with Crippen LogP contribution in [0.4, 0.5) is 0 Å². The summed E-state index contributed by atoms with van der Waals surface area (Å²) >= 11 is 0. The average molecular weight is 357 g/mol. The number of unbranched alkanes of at least 4 members (excludes halogenated alkanes) is 1. The fourth-order valence-electron chi connectivity index (χ4n) is 3.02. The maximum Gasteiger partial charge on any atom is 0.273 e. The van der Waals surface area contributed by atoms with E-state index in [1.807, 2.05) is 22.9 Å². The minimum absolute atomic E-state index is 0.157. The smallest absolute Gasteiger partial charge is 0.273 e. The maximum absolute atomic E-state index is 12.1. The van der Waals surface area contributed by atoms with Gasteiger partial charge >= 0.3 is 0 Å². The van der Waals surface area contributed by atoms with Gasteiger partial charge in [0, 0.05) is 13.2 Å². The lowest BCUT2D eigenvalue weighted by atomic mass is 10.1. The number of rotatable bonds is 9. The predicted molar refractivity (Wildman–Crippen MR) is 98.8 cm³/mol. The van der Waals surface area contributed by atoms with E-state index in [2.05, 4.69) is 33.1 Å². The maximum atomic E-state index is 12.1. The van der Waals surface area contributed by atoms with Crippen LogP contribution in [0, 0.1) is 0 Å². The van der Waals surface area contributed by atoms with E-state index >= 15 is 0 Å². The largest absolute Gasteiger partial charge is 0.377 e. The Hall–Kier alpha value is -2.25. The van der Waals surface area contributed by atoms with Crippen LogP contribution in [-0.2, 0) is 11.3 Å².